The molecule has 3 aromatic rings. The third-order valence-corrected chi connectivity index (χ3v) is 3.44. The normalized spacial score (nSPS) is 10.8. The van der Waals surface area contributed by atoms with E-state index >= 15 is 0 Å². The molecule has 0 spiro atoms. The van der Waals surface area contributed by atoms with Crippen LogP contribution in [0.25, 0.3) is 16.6 Å². The molecular formula is C15H11ClN2O. The molecule has 3 rings (SSSR count). The van der Waals surface area contributed by atoms with Gasteiger partial charge in [-0.1, -0.05) is 18.2 Å². The summed E-state index contributed by atoms with van der Waals surface area (Å²) in [6, 6.07) is 11.6. The molecule has 0 aliphatic rings. The summed E-state index contributed by atoms with van der Waals surface area (Å²) in [4.78, 5) is 15.6. The smallest absolute Gasteiger partial charge is 0.254 e. The second-order valence-electron chi connectivity index (χ2n) is 4.31. The van der Waals surface area contributed by atoms with Gasteiger partial charge in [0, 0.05) is 23.5 Å². The number of para-hydroxylation sites is 1. The molecule has 4 heteroatoms. The van der Waals surface area contributed by atoms with Gasteiger partial charge >= 0.3 is 0 Å². The van der Waals surface area contributed by atoms with Gasteiger partial charge in [-0.25, -0.2) is 0 Å². The zero-order valence-electron chi connectivity index (χ0n) is 10.3. The molecule has 0 unspecified atom stereocenters. The highest BCUT2D eigenvalue weighted by Gasteiger charge is 2.12. The monoisotopic (exact) mass is 270 g/mol. The molecule has 19 heavy (non-hydrogen) atoms. The number of carbonyl (C=O) groups is 1. The van der Waals surface area contributed by atoms with E-state index in [-0.39, 0.29) is 0 Å². The molecule has 3 nitrogen and oxygen atoms in total. The third-order valence-electron chi connectivity index (χ3n) is 3.24. The summed E-state index contributed by atoms with van der Waals surface area (Å²) < 4.78 is 1.96. The third kappa shape index (κ3) is 1.92. The van der Waals surface area contributed by atoms with Crippen LogP contribution in [0.1, 0.15) is 16.1 Å². The molecule has 0 aliphatic carbocycles. The molecular weight excluding hydrogens is 260 g/mol. The molecule has 0 saturated heterocycles. The standard InChI is InChI=1S/C15H11ClN2O/c1-10-11(15(16)19)7-9-18(10)14-6-8-17-13-5-3-2-4-12(13)14/h2-9H,1H3. The highest BCUT2D eigenvalue weighted by Crippen LogP contribution is 2.24. The van der Waals surface area contributed by atoms with Crippen molar-refractivity contribution in [2.45, 2.75) is 6.92 Å². The van der Waals surface area contributed by atoms with Crippen molar-refractivity contribution in [3.63, 3.8) is 0 Å². The second-order valence-corrected chi connectivity index (χ2v) is 4.65. The number of pyridine rings is 1. The molecule has 2 heterocycles. The van der Waals surface area contributed by atoms with Crippen molar-refractivity contribution in [1.82, 2.24) is 9.55 Å². The minimum Gasteiger partial charge on any atom is -0.320 e. The molecule has 0 amide bonds. The first-order chi connectivity index (χ1) is 9.18. The van der Waals surface area contributed by atoms with Gasteiger partial charge in [0.05, 0.1) is 16.8 Å². The fourth-order valence-corrected chi connectivity index (χ4v) is 2.47. The van der Waals surface area contributed by atoms with Crippen molar-refractivity contribution in [2.24, 2.45) is 0 Å². The van der Waals surface area contributed by atoms with Crippen LogP contribution in [0, 0.1) is 6.92 Å². The molecule has 0 fully saturated rings. The number of halogens is 1. The molecule has 0 radical (unpaired) electrons. The van der Waals surface area contributed by atoms with Crippen molar-refractivity contribution < 1.29 is 4.79 Å². The van der Waals surface area contributed by atoms with Gasteiger partial charge in [0.2, 0.25) is 0 Å². The Balaban J connectivity index is 2.28. The molecule has 1 aromatic carbocycles. The van der Waals surface area contributed by atoms with Crippen LogP contribution in [0.5, 0.6) is 0 Å². The van der Waals surface area contributed by atoms with E-state index in [2.05, 4.69) is 4.98 Å². The van der Waals surface area contributed by atoms with Crippen LogP contribution in [0.15, 0.2) is 48.8 Å². The maximum absolute atomic E-state index is 11.3. The van der Waals surface area contributed by atoms with Gasteiger partial charge in [0.15, 0.2) is 0 Å². The first-order valence-corrected chi connectivity index (χ1v) is 6.28. The number of carbonyl (C=O) groups excluding carboxylic acids is 1. The fraction of sp³-hybridized carbons (Fsp3) is 0.0667. The van der Waals surface area contributed by atoms with Crippen molar-refractivity contribution >= 4 is 27.7 Å². The summed E-state index contributed by atoms with van der Waals surface area (Å²) in [7, 11) is 0. The summed E-state index contributed by atoms with van der Waals surface area (Å²) >= 11 is 5.56. The van der Waals surface area contributed by atoms with Crippen LogP contribution in [0.2, 0.25) is 0 Å². The number of hydrogen-bond donors (Lipinski definition) is 0. The predicted molar refractivity (Wildman–Crippen MR) is 76.0 cm³/mol. The van der Waals surface area contributed by atoms with Gasteiger partial charge in [0.25, 0.3) is 5.24 Å². The molecule has 0 atom stereocenters. The predicted octanol–water partition coefficient (Wildman–Crippen LogP) is 3.71. The SMILES string of the molecule is Cc1c(C(=O)Cl)ccn1-c1ccnc2ccccc12. The van der Waals surface area contributed by atoms with Gasteiger partial charge in [-0.05, 0) is 36.7 Å². The second kappa shape index (κ2) is 4.52. The Morgan fingerprint density at radius 1 is 1.21 bits per heavy atom. The van der Waals surface area contributed by atoms with E-state index in [9.17, 15) is 4.79 Å². The van der Waals surface area contributed by atoms with Crippen LogP contribution < -0.4 is 0 Å². The number of nitrogens with zero attached hydrogens (tertiary/aromatic N) is 2. The lowest BCUT2D eigenvalue weighted by Gasteiger charge is -2.09. The summed E-state index contributed by atoms with van der Waals surface area (Å²) in [6.07, 6.45) is 3.62. The number of fused-ring (bicyclic) bond motifs is 1. The molecule has 0 bridgehead atoms. The van der Waals surface area contributed by atoms with Crippen LogP contribution >= 0.6 is 11.6 Å². The Bertz CT molecular complexity index is 771. The fourth-order valence-electron chi connectivity index (χ4n) is 2.27. The van der Waals surface area contributed by atoms with E-state index in [4.69, 9.17) is 11.6 Å². The lowest BCUT2D eigenvalue weighted by atomic mass is 10.2. The minimum atomic E-state index is -0.436. The van der Waals surface area contributed by atoms with Crippen LogP contribution in [-0.4, -0.2) is 14.8 Å². The number of rotatable bonds is 2. The summed E-state index contributed by atoms with van der Waals surface area (Å²) in [6.45, 7) is 1.88. The zero-order valence-corrected chi connectivity index (χ0v) is 11.1. The summed E-state index contributed by atoms with van der Waals surface area (Å²) in [5.41, 5.74) is 3.28. The molecule has 0 saturated carbocycles. The first kappa shape index (κ1) is 11.9. The minimum absolute atomic E-state index is 0.436. The Labute approximate surface area is 115 Å². The topological polar surface area (TPSA) is 34.9 Å². The van der Waals surface area contributed by atoms with Crippen molar-refractivity contribution in [3.05, 3.63) is 60.0 Å². The lowest BCUT2D eigenvalue weighted by molar-refractivity contribution is 0.108. The van der Waals surface area contributed by atoms with E-state index in [0.29, 0.717) is 5.56 Å². The summed E-state index contributed by atoms with van der Waals surface area (Å²) in [5.74, 6) is 0. The van der Waals surface area contributed by atoms with E-state index in [1.165, 1.54) is 0 Å². The van der Waals surface area contributed by atoms with Gasteiger partial charge in [-0.2, -0.15) is 0 Å². The van der Waals surface area contributed by atoms with Gasteiger partial charge in [-0.3, -0.25) is 9.78 Å². The van der Waals surface area contributed by atoms with Crippen molar-refractivity contribution in [3.8, 4) is 5.69 Å². The van der Waals surface area contributed by atoms with Gasteiger partial charge in [0.1, 0.15) is 0 Å². The lowest BCUT2D eigenvalue weighted by Crippen LogP contribution is -1.99. The average molecular weight is 271 g/mol. The maximum Gasteiger partial charge on any atom is 0.254 e. The van der Waals surface area contributed by atoms with Crippen LogP contribution in [-0.2, 0) is 0 Å². The summed E-state index contributed by atoms with van der Waals surface area (Å²) in [5, 5.41) is 0.604. The largest absolute Gasteiger partial charge is 0.320 e. The zero-order chi connectivity index (χ0) is 13.4. The number of benzene rings is 1. The van der Waals surface area contributed by atoms with Crippen LogP contribution in [0.4, 0.5) is 0 Å². The molecule has 0 aliphatic heterocycles. The van der Waals surface area contributed by atoms with Gasteiger partial charge < -0.3 is 4.57 Å². The number of aromatic nitrogens is 2. The van der Waals surface area contributed by atoms with Gasteiger partial charge in [-0.15, -0.1) is 0 Å². The van der Waals surface area contributed by atoms with E-state index in [1.54, 1.807) is 12.3 Å². The number of hydrogen-bond acceptors (Lipinski definition) is 2. The first-order valence-electron chi connectivity index (χ1n) is 5.90. The van der Waals surface area contributed by atoms with E-state index < -0.39 is 5.24 Å². The maximum atomic E-state index is 11.3. The average Bonchev–Trinajstić information content (AvgIpc) is 2.80. The Hall–Kier alpha value is -2.13. The Kier molecular flexibility index (Phi) is 2.84. The molecule has 94 valence electrons. The highest BCUT2D eigenvalue weighted by atomic mass is 35.5. The van der Waals surface area contributed by atoms with Crippen molar-refractivity contribution in [1.29, 1.82) is 0 Å². The van der Waals surface area contributed by atoms with E-state index in [1.807, 2.05) is 48.0 Å². The Morgan fingerprint density at radius 2 is 2.00 bits per heavy atom. The Morgan fingerprint density at radius 3 is 2.74 bits per heavy atom. The highest BCUT2D eigenvalue weighted by molar-refractivity contribution is 6.67. The molecule has 2 aromatic heterocycles. The molecule has 0 N–H and O–H groups in total. The van der Waals surface area contributed by atoms with E-state index in [0.717, 1.165) is 22.3 Å². The van der Waals surface area contributed by atoms with Crippen molar-refractivity contribution in [2.75, 3.05) is 0 Å². The quantitative estimate of drug-likeness (QED) is 0.665. The van der Waals surface area contributed by atoms with Crippen LogP contribution in [0.3, 0.4) is 0 Å².